The number of aliphatic hydroxyl groups is 1. The molecule has 3 rings (SSSR count). The van der Waals surface area contributed by atoms with Crippen molar-refractivity contribution in [3.8, 4) is 0 Å². The van der Waals surface area contributed by atoms with Gasteiger partial charge in [0.2, 0.25) is 0 Å². The van der Waals surface area contributed by atoms with Crippen molar-refractivity contribution >= 4 is 6.29 Å². The van der Waals surface area contributed by atoms with E-state index in [1.807, 2.05) is 0 Å². The van der Waals surface area contributed by atoms with Crippen LogP contribution in [0, 0.1) is 18.6 Å². The van der Waals surface area contributed by atoms with E-state index in [0.29, 0.717) is 43.6 Å². The summed E-state index contributed by atoms with van der Waals surface area (Å²) in [6.07, 6.45) is 3.59. The van der Waals surface area contributed by atoms with Gasteiger partial charge >= 0.3 is 0 Å². The number of aromatic nitrogens is 2. The summed E-state index contributed by atoms with van der Waals surface area (Å²) < 4.78 is 28.1. The monoisotopic (exact) mass is 361 g/mol. The zero-order chi connectivity index (χ0) is 18.7. The number of benzene rings is 1. The Kier molecular flexibility index (Phi) is 5.68. The van der Waals surface area contributed by atoms with Gasteiger partial charge in [0.25, 0.3) is 0 Å². The van der Waals surface area contributed by atoms with Gasteiger partial charge in [0.05, 0.1) is 18.3 Å². The molecular formula is C19H21F2N3O2. The van der Waals surface area contributed by atoms with E-state index in [2.05, 4.69) is 9.97 Å². The van der Waals surface area contributed by atoms with E-state index in [1.54, 1.807) is 18.0 Å². The predicted octanol–water partition coefficient (Wildman–Crippen LogP) is 2.68. The second kappa shape index (κ2) is 7.97. The number of carbonyl (C=O) groups is 1. The fourth-order valence-electron chi connectivity index (χ4n) is 3.57. The van der Waals surface area contributed by atoms with Gasteiger partial charge in [0.15, 0.2) is 0 Å². The number of rotatable bonds is 5. The number of hydrogen-bond donors (Lipinski definition) is 1. The average Bonchev–Trinajstić information content (AvgIpc) is 2.65. The third-order valence-corrected chi connectivity index (χ3v) is 4.92. The number of aliphatic hydroxyl groups excluding tert-OH is 1. The molecular weight excluding hydrogens is 340 g/mol. The Morgan fingerprint density at radius 1 is 1.31 bits per heavy atom. The summed E-state index contributed by atoms with van der Waals surface area (Å²) in [7, 11) is 0. The van der Waals surface area contributed by atoms with Gasteiger partial charge in [0, 0.05) is 23.2 Å². The molecule has 26 heavy (non-hydrogen) atoms. The van der Waals surface area contributed by atoms with E-state index in [-0.39, 0.29) is 18.1 Å². The molecule has 138 valence electrons. The SMILES string of the molecule is Cc1ncc(CO)c(C2CCN(C(C=O)c3c(F)cccc3F)CC2)n1. The van der Waals surface area contributed by atoms with Gasteiger partial charge < -0.3 is 9.90 Å². The molecule has 1 aliphatic heterocycles. The minimum atomic E-state index is -0.943. The molecule has 0 bridgehead atoms. The second-order valence-electron chi connectivity index (χ2n) is 6.51. The van der Waals surface area contributed by atoms with Crippen molar-refractivity contribution in [2.24, 2.45) is 0 Å². The molecule has 0 amide bonds. The highest BCUT2D eigenvalue weighted by molar-refractivity contribution is 5.62. The molecule has 1 aromatic carbocycles. The maximum absolute atomic E-state index is 14.1. The van der Waals surface area contributed by atoms with E-state index in [1.165, 1.54) is 18.2 Å². The lowest BCUT2D eigenvalue weighted by Crippen LogP contribution is -2.38. The van der Waals surface area contributed by atoms with Crippen molar-refractivity contribution < 1.29 is 18.7 Å². The molecule has 0 radical (unpaired) electrons. The van der Waals surface area contributed by atoms with Crippen molar-refractivity contribution in [1.82, 2.24) is 14.9 Å². The van der Waals surface area contributed by atoms with Gasteiger partial charge in [-0.2, -0.15) is 0 Å². The minimum absolute atomic E-state index is 0.118. The fourth-order valence-corrected chi connectivity index (χ4v) is 3.57. The molecule has 5 nitrogen and oxygen atoms in total. The third-order valence-electron chi connectivity index (χ3n) is 4.92. The van der Waals surface area contributed by atoms with Crippen molar-refractivity contribution in [3.63, 3.8) is 0 Å². The first-order valence-corrected chi connectivity index (χ1v) is 8.61. The molecule has 1 saturated heterocycles. The molecule has 1 unspecified atom stereocenters. The van der Waals surface area contributed by atoms with Crippen LogP contribution >= 0.6 is 0 Å². The predicted molar refractivity (Wildman–Crippen MR) is 91.4 cm³/mol. The zero-order valence-corrected chi connectivity index (χ0v) is 14.5. The number of likely N-dealkylation sites (tertiary alicyclic amines) is 1. The van der Waals surface area contributed by atoms with Crippen LogP contribution < -0.4 is 0 Å². The zero-order valence-electron chi connectivity index (χ0n) is 14.5. The average molecular weight is 361 g/mol. The first kappa shape index (κ1) is 18.5. The maximum atomic E-state index is 14.1. The summed E-state index contributed by atoms with van der Waals surface area (Å²) in [5.41, 5.74) is 1.32. The van der Waals surface area contributed by atoms with E-state index in [9.17, 15) is 18.7 Å². The number of aryl methyl sites for hydroxylation is 1. The molecule has 1 aromatic heterocycles. The summed E-state index contributed by atoms with van der Waals surface area (Å²) in [4.78, 5) is 21.9. The Labute approximate surface area is 150 Å². The molecule has 1 atom stereocenters. The number of piperidine rings is 1. The fraction of sp³-hybridized carbons (Fsp3) is 0.421. The van der Waals surface area contributed by atoms with Gasteiger partial charge in [-0.25, -0.2) is 18.7 Å². The Morgan fingerprint density at radius 3 is 2.54 bits per heavy atom. The van der Waals surface area contributed by atoms with Crippen molar-refractivity contribution in [2.45, 2.75) is 38.3 Å². The number of carbonyl (C=O) groups excluding carboxylic acids is 1. The topological polar surface area (TPSA) is 66.3 Å². The minimum Gasteiger partial charge on any atom is -0.392 e. The van der Waals surface area contributed by atoms with Crippen LogP contribution in [0.2, 0.25) is 0 Å². The Bertz CT molecular complexity index is 772. The molecule has 1 N–H and O–H groups in total. The van der Waals surface area contributed by atoms with Crippen LogP contribution in [0.4, 0.5) is 8.78 Å². The summed E-state index contributed by atoms with van der Waals surface area (Å²) in [6.45, 7) is 2.68. The number of hydrogen-bond acceptors (Lipinski definition) is 5. The largest absolute Gasteiger partial charge is 0.392 e. The molecule has 0 aliphatic carbocycles. The van der Waals surface area contributed by atoms with Crippen LogP contribution in [-0.2, 0) is 11.4 Å². The number of halogens is 2. The van der Waals surface area contributed by atoms with Gasteiger partial charge in [0.1, 0.15) is 23.7 Å². The first-order valence-electron chi connectivity index (χ1n) is 8.61. The van der Waals surface area contributed by atoms with Crippen molar-refractivity contribution in [3.05, 3.63) is 58.7 Å². The lowest BCUT2D eigenvalue weighted by molar-refractivity contribution is -0.113. The molecule has 1 fully saturated rings. The van der Waals surface area contributed by atoms with Gasteiger partial charge in [-0.3, -0.25) is 4.90 Å². The molecule has 2 heterocycles. The van der Waals surface area contributed by atoms with Crippen LogP contribution in [0.3, 0.4) is 0 Å². The lowest BCUT2D eigenvalue weighted by Gasteiger charge is -2.35. The van der Waals surface area contributed by atoms with Gasteiger partial charge in [-0.05, 0) is 45.0 Å². The smallest absolute Gasteiger partial charge is 0.141 e. The van der Waals surface area contributed by atoms with E-state index < -0.39 is 17.7 Å². The Balaban J connectivity index is 1.77. The Morgan fingerprint density at radius 2 is 1.96 bits per heavy atom. The summed E-state index contributed by atoms with van der Waals surface area (Å²) in [6, 6.07) is 2.68. The summed E-state index contributed by atoms with van der Waals surface area (Å²) in [5.74, 6) is -0.664. The van der Waals surface area contributed by atoms with Gasteiger partial charge in [-0.15, -0.1) is 0 Å². The first-order chi connectivity index (χ1) is 12.5. The Hall–Kier alpha value is -2.25. The summed E-state index contributed by atoms with van der Waals surface area (Å²) in [5, 5.41) is 9.51. The normalized spacial score (nSPS) is 17.2. The number of nitrogens with zero attached hydrogens (tertiary/aromatic N) is 3. The van der Waals surface area contributed by atoms with Crippen LogP contribution in [0.5, 0.6) is 0 Å². The molecule has 2 aromatic rings. The van der Waals surface area contributed by atoms with Crippen LogP contribution in [-0.4, -0.2) is 39.4 Å². The highest BCUT2D eigenvalue weighted by atomic mass is 19.1. The van der Waals surface area contributed by atoms with E-state index >= 15 is 0 Å². The highest BCUT2D eigenvalue weighted by Crippen LogP contribution is 2.33. The molecule has 1 aliphatic rings. The quantitative estimate of drug-likeness (QED) is 0.830. The van der Waals surface area contributed by atoms with E-state index in [0.717, 1.165) is 5.69 Å². The standard InChI is InChI=1S/C19H21F2N3O2/c1-12-22-9-14(10-25)19(23-12)13-5-7-24(8-6-13)17(11-26)18-15(20)3-2-4-16(18)21/h2-4,9,11,13,17,25H,5-8,10H2,1H3. The second-order valence-corrected chi connectivity index (χ2v) is 6.51. The van der Waals surface area contributed by atoms with Crippen LogP contribution in [0.15, 0.2) is 24.4 Å². The highest BCUT2D eigenvalue weighted by Gasteiger charge is 2.31. The van der Waals surface area contributed by atoms with Crippen LogP contribution in [0.25, 0.3) is 0 Å². The summed E-state index contributed by atoms with van der Waals surface area (Å²) >= 11 is 0. The maximum Gasteiger partial charge on any atom is 0.141 e. The van der Waals surface area contributed by atoms with Crippen molar-refractivity contribution in [1.29, 1.82) is 0 Å². The molecule has 7 heteroatoms. The molecule has 0 saturated carbocycles. The van der Waals surface area contributed by atoms with Gasteiger partial charge in [-0.1, -0.05) is 6.07 Å². The molecule has 0 spiro atoms. The number of aldehydes is 1. The van der Waals surface area contributed by atoms with E-state index in [4.69, 9.17) is 0 Å². The van der Waals surface area contributed by atoms with Crippen LogP contribution in [0.1, 0.15) is 47.4 Å². The third kappa shape index (κ3) is 3.64. The van der Waals surface area contributed by atoms with Crippen molar-refractivity contribution in [2.75, 3.05) is 13.1 Å². The lowest BCUT2D eigenvalue weighted by atomic mass is 9.89.